The normalized spacial score (nSPS) is 13.8. The highest BCUT2D eigenvalue weighted by atomic mass is 16.3. The summed E-state index contributed by atoms with van der Waals surface area (Å²) in [6.07, 6.45) is 1.77. The summed E-state index contributed by atoms with van der Waals surface area (Å²) in [4.78, 5) is 0. The van der Waals surface area contributed by atoms with Crippen molar-refractivity contribution >= 4 is 11.0 Å². The van der Waals surface area contributed by atoms with Crippen LogP contribution in [0.3, 0.4) is 0 Å². The fourth-order valence-electron chi connectivity index (χ4n) is 2.75. The molecule has 0 spiro atoms. The molecule has 0 amide bonds. The first kappa shape index (κ1) is 16.1. The molecule has 2 rings (SSSR count). The molecule has 116 valence electrons. The molecule has 21 heavy (non-hydrogen) atoms. The standard InChI is InChI=1S/C18H27NO2/c1-5-14-15-8-6-7-9-16(15)21-17(14)13(2)19-12-18(3,4)10-11-20/h6-9,13,19-20H,5,10-12H2,1-4H3. The topological polar surface area (TPSA) is 45.4 Å². The molecule has 1 aromatic carbocycles. The van der Waals surface area contributed by atoms with Crippen LogP contribution >= 0.6 is 0 Å². The molecular formula is C18H27NO2. The highest BCUT2D eigenvalue weighted by Gasteiger charge is 2.22. The predicted octanol–water partition coefficient (Wildman–Crippen LogP) is 4.05. The molecule has 2 aromatic rings. The maximum absolute atomic E-state index is 9.12. The summed E-state index contributed by atoms with van der Waals surface area (Å²) in [6.45, 7) is 9.74. The monoisotopic (exact) mass is 289 g/mol. The lowest BCUT2D eigenvalue weighted by atomic mass is 9.89. The van der Waals surface area contributed by atoms with Gasteiger partial charge in [0.15, 0.2) is 0 Å². The van der Waals surface area contributed by atoms with Crippen molar-refractivity contribution in [3.63, 3.8) is 0 Å². The number of nitrogens with one attached hydrogen (secondary N) is 1. The highest BCUT2D eigenvalue weighted by molar-refractivity contribution is 5.82. The smallest absolute Gasteiger partial charge is 0.134 e. The average molecular weight is 289 g/mol. The highest BCUT2D eigenvalue weighted by Crippen LogP contribution is 2.31. The zero-order chi connectivity index (χ0) is 15.5. The Morgan fingerprint density at radius 3 is 2.67 bits per heavy atom. The van der Waals surface area contributed by atoms with E-state index in [-0.39, 0.29) is 18.1 Å². The van der Waals surface area contributed by atoms with Crippen molar-refractivity contribution in [2.75, 3.05) is 13.2 Å². The van der Waals surface area contributed by atoms with E-state index >= 15 is 0 Å². The number of benzene rings is 1. The summed E-state index contributed by atoms with van der Waals surface area (Å²) in [7, 11) is 0. The van der Waals surface area contributed by atoms with Crippen LogP contribution in [0.4, 0.5) is 0 Å². The fourth-order valence-corrected chi connectivity index (χ4v) is 2.75. The lowest BCUT2D eigenvalue weighted by molar-refractivity contribution is 0.202. The molecule has 3 heteroatoms. The van der Waals surface area contributed by atoms with Gasteiger partial charge in [0, 0.05) is 24.1 Å². The number of hydrogen-bond donors (Lipinski definition) is 2. The number of rotatable bonds is 7. The number of hydrogen-bond acceptors (Lipinski definition) is 3. The van der Waals surface area contributed by atoms with Crippen molar-refractivity contribution in [3.05, 3.63) is 35.6 Å². The van der Waals surface area contributed by atoms with E-state index < -0.39 is 0 Å². The molecular weight excluding hydrogens is 262 g/mol. The molecule has 1 atom stereocenters. The molecule has 0 aliphatic rings. The number of fused-ring (bicyclic) bond motifs is 1. The summed E-state index contributed by atoms with van der Waals surface area (Å²) < 4.78 is 6.07. The van der Waals surface area contributed by atoms with Gasteiger partial charge in [-0.15, -0.1) is 0 Å². The van der Waals surface area contributed by atoms with Gasteiger partial charge >= 0.3 is 0 Å². The molecule has 0 saturated heterocycles. The van der Waals surface area contributed by atoms with Crippen LogP contribution in [0.2, 0.25) is 0 Å². The zero-order valence-electron chi connectivity index (χ0n) is 13.6. The number of aryl methyl sites for hydroxylation is 1. The van der Waals surface area contributed by atoms with Gasteiger partial charge in [0.25, 0.3) is 0 Å². The first-order valence-corrected chi connectivity index (χ1v) is 7.83. The van der Waals surface area contributed by atoms with Gasteiger partial charge < -0.3 is 14.8 Å². The third-order valence-corrected chi connectivity index (χ3v) is 4.15. The van der Waals surface area contributed by atoms with Gasteiger partial charge in [-0.2, -0.15) is 0 Å². The van der Waals surface area contributed by atoms with Crippen LogP contribution in [-0.2, 0) is 6.42 Å². The summed E-state index contributed by atoms with van der Waals surface area (Å²) in [5.41, 5.74) is 2.35. The Labute approximate surface area is 127 Å². The predicted molar refractivity (Wildman–Crippen MR) is 87.5 cm³/mol. The largest absolute Gasteiger partial charge is 0.459 e. The third-order valence-electron chi connectivity index (χ3n) is 4.15. The van der Waals surface area contributed by atoms with Crippen molar-refractivity contribution in [3.8, 4) is 0 Å². The maximum atomic E-state index is 9.12. The molecule has 0 radical (unpaired) electrons. The number of furan rings is 1. The second-order valence-electron chi connectivity index (χ2n) is 6.53. The molecule has 0 saturated carbocycles. The number of para-hydroxylation sites is 1. The summed E-state index contributed by atoms with van der Waals surface area (Å²) in [5.74, 6) is 1.04. The second kappa shape index (κ2) is 6.63. The minimum absolute atomic E-state index is 0.0847. The van der Waals surface area contributed by atoms with Gasteiger partial charge in [0.1, 0.15) is 11.3 Å². The lowest BCUT2D eigenvalue weighted by Crippen LogP contribution is -2.32. The molecule has 0 fully saturated rings. The van der Waals surface area contributed by atoms with Gasteiger partial charge in [0.2, 0.25) is 0 Å². The SMILES string of the molecule is CCc1c(C(C)NCC(C)(C)CCO)oc2ccccc12. The second-order valence-corrected chi connectivity index (χ2v) is 6.53. The van der Waals surface area contributed by atoms with Crippen LogP contribution in [0, 0.1) is 5.41 Å². The van der Waals surface area contributed by atoms with E-state index in [1.807, 2.05) is 12.1 Å². The Hall–Kier alpha value is -1.32. The molecule has 1 unspecified atom stereocenters. The van der Waals surface area contributed by atoms with Gasteiger partial charge in [-0.3, -0.25) is 0 Å². The van der Waals surface area contributed by atoms with Crippen LogP contribution in [-0.4, -0.2) is 18.3 Å². The van der Waals surface area contributed by atoms with E-state index in [2.05, 4.69) is 45.1 Å². The fraction of sp³-hybridized carbons (Fsp3) is 0.556. The van der Waals surface area contributed by atoms with Crippen LogP contribution in [0.5, 0.6) is 0 Å². The van der Waals surface area contributed by atoms with E-state index in [1.165, 1.54) is 10.9 Å². The van der Waals surface area contributed by atoms with E-state index in [0.29, 0.717) is 0 Å². The van der Waals surface area contributed by atoms with Crippen molar-refractivity contribution < 1.29 is 9.52 Å². The van der Waals surface area contributed by atoms with Gasteiger partial charge in [-0.1, -0.05) is 39.0 Å². The lowest BCUT2D eigenvalue weighted by Gasteiger charge is -2.26. The minimum Gasteiger partial charge on any atom is -0.459 e. The zero-order valence-corrected chi connectivity index (χ0v) is 13.6. The molecule has 0 bridgehead atoms. The number of aliphatic hydroxyl groups excluding tert-OH is 1. The average Bonchev–Trinajstić information content (AvgIpc) is 2.83. The van der Waals surface area contributed by atoms with Crippen LogP contribution in [0.1, 0.15) is 51.5 Å². The van der Waals surface area contributed by atoms with Crippen molar-refractivity contribution in [2.45, 2.75) is 46.6 Å². The first-order chi connectivity index (χ1) is 9.98. The molecule has 0 aliphatic heterocycles. The number of aliphatic hydroxyl groups is 1. The molecule has 3 nitrogen and oxygen atoms in total. The summed E-state index contributed by atoms with van der Waals surface area (Å²) in [5, 5.41) is 13.9. The van der Waals surface area contributed by atoms with Crippen molar-refractivity contribution in [1.82, 2.24) is 5.32 Å². The van der Waals surface area contributed by atoms with Crippen LogP contribution < -0.4 is 5.32 Å². The van der Waals surface area contributed by atoms with E-state index in [9.17, 15) is 0 Å². The Balaban J connectivity index is 2.17. The summed E-state index contributed by atoms with van der Waals surface area (Å²) >= 11 is 0. The van der Waals surface area contributed by atoms with Crippen molar-refractivity contribution in [1.29, 1.82) is 0 Å². The van der Waals surface area contributed by atoms with E-state index in [4.69, 9.17) is 9.52 Å². The Morgan fingerprint density at radius 2 is 2.00 bits per heavy atom. The Bertz CT molecular complexity index is 586. The van der Waals surface area contributed by atoms with Crippen LogP contribution in [0.25, 0.3) is 11.0 Å². The minimum atomic E-state index is 0.0847. The first-order valence-electron chi connectivity index (χ1n) is 7.83. The molecule has 2 N–H and O–H groups in total. The van der Waals surface area contributed by atoms with Gasteiger partial charge in [-0.25, -0.2) is 0 Å². The van der Waals surface area contributed by atoms with Gasteiger partial charge in [0.05, 0.1) is 6.04 Å². The quantitative estimate of drug-likeness (QED) is 0.808. The maximum Gasteiger partial charge on any atom is 0.134 e. The van der Waals surface area contributed by atoms with Crippen molar-refractivity contribution in [2.24, 2.45) is 5.41 Å². The summed E-state index contributed by atoms with van der Waals surface area (Å²) in [6, 6.07) is 8.40. The van der Waals surface area contributed by atoms with E-state index in [0.717, 1.165) is 30.7 Å². The third kappa shape index (κ3) is 3.66. The molecule has 1 heterocycles. The van der Waals surface area contributed by atoms with E-state index in [1.54, 1.807) is 0 Å². The Morgan fingerprint density at radius 1 is 1.29 bits per heavy atom. The van der Waals surface area contributed by atoms with Gasteiger partial charge in [-0.05, 0) is 31.2 Å². The molecule has 0 aliphatic carbocycles. The van der Waals surface area contributed by atoms with Crippen LogP contribution in [0.15, 0.2) is 28.7 Å². The Kier molecular flexibility index (Phi) is 5.07. The molecule has 1 aromatic heterocycles.